The maximum absolute atomic E-state index is 13.7. The molecule has 0 unspecified atom stereocenters. The van der Waals surface area contributed by atoms with Crippen LogP contribution in [0, 0.1) is 5.92 Å². The highest BCUT2D eigenvalue weighted by molar-refractivity contribution is 7.92. The number of nitrogens with zero attached hydrogens (tertiary/aromatic N) is 2. The summed E-state index contributed by atoms with van der Waals surface area (Å²) in [5, 5.41) is 9.88. The Morgan fingerprint density at radius 2 is 1.76 bits per heavy atom. The highest BCUT2D eigenvalue weighted by atomic mass is 32.2. The van der Waals surface area contributed by atoms with Crippen LogP contribution in [0.3, 0.4) is 0 Å². The number of ether oxygens (including phenoxy) is 1. The van der Waals surface area contributed by atoms with Gasteiger partial charge in [-0.05, 0) is 62.0 Å². The predicted molar refractivity (Wildman–Crippen MR) is 153 cm³/mol. The molecular formula is C30H34F3N3O5S. The fraction of sp³-hybridized carbons (Fsp3) is 0.367. The number of sulfonamides is 1. The van der Waals surface area contributed by atoms with E-state index in [2.05, 4.69) is 4.72 Å². The van der Waals surface area contributed by atoms with Gasteiger partial charge >= 0.3 is 6.18 Å². The Bertz CT molecular complexity index is 1480. The Balaban J connectivity index is 1.59. The first-order valence-corrected chi connectivity index (χ1v) is 14.9. The van der Waals surface area contributed by atoms with E-state index in [0.29, 0.717) is 18.7 Å². The second-order valence-electron chi connectivity index (χ2n) is 10.6. The minimum absolute atomic E-state index is 0.0693. The number of aliphatic hydroxyl groups excluding tert-OH is 1. The van der Waals surface area contributed by atoms with Gasteiger partial charge in [-0.25, -0.2) is 8.42 Å². The van der Waals surface area contributed by atoms with Gasteiger partial charge in [0.15, 0.2) is 0 Å². The van der Waals surface area contributed by atoms with Crippen LogP contribution in [0.5, 0.6) is 5.75 Å². The number of amides is 1. The van der Waals surface area contributed by atoms with E-state index >= 15 is 0 Å². The molecule has 0 aliphatic carbocycles. The van der Waals surface area contributed by atoms with Gasteiger partial charge in [0.2, 0.25) is 0 Å². The number of fused-ring (bicyclic) bond motifs is 1. The Labute approximate surface area is 243 Å². The van der Waals surface area contributed by atoms with Crippen LogP contribution < -0.4 is 9.46 Å². The fourth-order valence-electron chi connectivity index (χ4n) is 4.80. The van der Waals surface area contributed by atoms with Crippen molar-refractivity contribution in [1.29, 1.82) is 0 Å². The molecule has 2 N–H and O–H groups in total. The lowest BCUT2D eigenvalue weighted by molar-refractivity contribution is -0.137. The molecule has 0 spiro atoms. The van der Waals surface area contributed by atoms with Crippen molar-refractivity contribution in [2.45, 2.75) is 43.6 Å². The van der Waals surface area contributed by atoms with Gasteiger partial charge in [-0.15, -0.1) is 0 Å². The zero-order valence-corrected chi connectivity index (χ0v) is 24.3. The van der Waals surface area contributed by atoms with Crippen molar-refractivity contribution in [3.05, 3.63) is 89.5 Å². The number of aliphatic hydroxyl groups is 1. The standard InChI is InChI=1S/C30H34F3N3O5S/c1-20-16-36(21(2)19-37)29(38)26-15-24(34-42(39,40)25-7-5-4-6-8-25)13-14-27(26)41-28(20)18-35(3)17-22-9-11-23(12-10-22)30(31,32)33/h4-15,20-21,28,34,37H,16-19H2,1-3H3/t20-,21+,28+/m0/s1. The molecule has 0 saturated carbocycles. The molecule has 4 rings (SSSR count). The van der Waals surface area contributed by atoms with E-state index in [9.17, 15) is 31.5 Å². The van der Waals surface area contributed by atoms with Crippen molar-refractivity contribution in [2.75, 3.05) is 31.5 Å². The van der Waals surface area contributed by atoms with Crippen LogP contribution in [0.4, 0.5) is 18.9 Å². The summed E-state index contributed by atoms with van der Waals surface area (Å²) in [6.45, 7) is 4.40. The van der Waals surface area contributed by atoms with Gasteiger partial charge in [0.25, 0.3) is 15.9 Å². The van der Waals surface area contributed by atoms with Gasteiger partial charge in [0, 0.05) is 31.2 Å². The first-order chi connectivity index (χ1) is 19.8. The number of rotatable bonds is 9. The Hall–Kier alpha value is -3.61. The number of likely N-dealkylation sites (N-methyl/N-ethyl adjacent to an activating group) is 1. The summed E-state index contributed by atoms with van der Waals surface area (Å²) in [6.07, 6.45) is -4.84. The van der Waals surface area contributed by atoms with Crippen molar-refractivity contribution in [3.63, 3.8) is 0 Å². The topological polar surface area (TPSA) is 99.2 Å². The summed E-state index contributed by atoms with van der Waals surface area (Å²) >= 11 is 0. The number of alkyl halides is 3. The van der Waals surface area contributed by atoms with Crippen LogP contribution in [-0.2, 0) is 22.7 Å². The molecule has 1 heterocycles. The Morgan fingerprint density at radius 1 is 1.10 bits per heavy atom. The van der Waals surface area contributed by atoms with E-state index in [1.807, 2.05) is 18.9 Å². The number of hydrogen-bond donors (Lipinski definition) is 2. The highest BCUT2D eigenvalue weighted by Crippen LogP contribution is 2.32. The number of anilines is 1. The summed E-state index contributed by atoms with van der Waals surface area (Å²) < 4.78 is 73.5. The van der Waals surface area contributed by atoms with Gasteiger partial charge < -0.3 is 14.7 Å². The molecule has 226 valence electrons. The van der Waals surface area contributed by atoms with Crippen LogP contribution in [0.1, 0.15) is 35.3 Å². The van der Waals surface area contributed by atoms with Crippen LogP contribution in [0.2, 0.25) is 0 Å². The van der Waals surface area contributed by atoms with E-state index in [1.165, 1.54) is 36.4 Å². The average molecular weight is 606 g/mol. The molecule has 3 atom stereocenters. The van der Waals surface area contributed by atoms with Crippen molar-refractivity contribution >= 4 is 21.6 Å². The second-order valence-corrected chi connectivity index (χ2v) is 12.3. The normalized spacial score (nSPS) is 18.6. The summed E-state index contributed by atoms with van der Waals surface area (Å²) in [7, 11) is -2.08. The molecule has 42 heavy (non-hydrogen) atoms. The molecule has 3 aromatic carbocycles. The van der Waals surface area contributed by atoms with Crippen LogP contribution in [-0.4, -0.2) is 68.1 Å². The first-order valence-electron chi connectivity index (χ1n) is 13.4. The molecule has 0 fully saturated rings. The molecule has 8 nitrogen and oxygen atoms in total. The largest absolute Gasteiger partial charge is 0.488 e. The number of carbonyl (C=O) groups excluding carboxylic acids is 1. The molecule has 1 amide bonds. The fourth-order valence-corrected chi connectivity index (χ4v) is 5.87. The van der Waals surface area contributed by atoms with Gasteiger partial charge in [-0.3, -0.25) is 14.4 Å². The smallest absolute Gasteiger partial charge is 0.416 e. The van der Waals surface area contributed by atoms with Gasteiger partial charge in [-0.1, -0.05) is 37.3 Å². The Morgan fingerprint density at radius 3 is 2.38 bits per heavy atom. The van der Waals surface area contributed by atoms with E-state index in [-0.39, 0.29) is 41.0 Å². The molecule has 0 bridgehead atoms. The van der Waals surface area contributed by atoms with Crippen molar-refractivity contribution in [1.82, 2.24) is 9.80 Å². The molecular weight excluding hydrogens is 571 g/mol. The summed E-state index contributed by atoms with van der Waals surface area (Å²) in [6, 6.07) is 16.8. The lowest BCUT2D eigenvalue weighted by Gasteiger charge is -2.38. The van der Waals surface area contributed by atoms with Crippen molar-refractivity contribution in [3.8, 4) is 5.75 Å². The minimum atomic E-state index is -4.41. The molecule has 0 saturated heterocycles. The summed E-state index contributed by atoms with van der Waals surface area (Å²) in [5.41, 5.74) is 0.308. The zero-order valence-electron chi connectivity index (χ0n) is 23.5. The summed E-state index contributed by atoms with van der Waals surface area (Å²) in [4.78, 5) is 17.2. The zero-order chi connectivity index (χ0) is 30.7. The maximum atomic E-state index is 13.7. The van der Waals surface area contributed by atoms with E-state index in [0.717, 1.165) is 12.1 Å². The maximum Gasteiger partial charge on any atom is 0.416 e. The molecule has 12 heteroatoms. The van der Waals surface area contributed by atoms with Crippen LogP contribution in [0.15, 0.2) is 77.7 Å². The van der Waals surface area contributed by atoms with E-state index < -0.39 is 39.8 Å². The lowest BCUT2D eigenvalue weighted by atomic mass is 9.99. The predicted octanol–water partition coefficient (Wildman–Crippen LogP) is 4.86. The molecule has 3 aromatic rings. The highest BCUT2D eigenvalue weighted by Gasteiger charge is 2.34. The number of carbonyl (C=O) groups is 1. The van der Waals surface area contributed by atoms with E-state index in [1.54, 1.807) is 36.1 Å². The van der Waals surface area contributed by atoms with Crippen molar-refractivity contribution < 1.29 is 36.2 Å². The third-order valence-electron chi connectivity index (χ3n) is 7.20. The van der Waals surface area contributed by atoms with Gasteiger partial charge in [0.1, 0.15) is 11.9 Å². The molecule has 1 aliphatic heterocycles. The number of nitrogens with one attached hydrogen (secondary N) is 1. The first kappa shape index (κ1) is 31.3. The van der Waals surface area contributed by atoms with Crippen LogP contribution in [0.25, 0.3) is 0 Å². The monoisotopic (exact) mass is 605 g/mol. The SMILES string of the molecule is C[C@H](CO)N1C[C@H](C)[C@@H](CN(C)Cc2ccc(C(F)(F)F)cc2)Oc2ccc(NS(=O)(=O)c3ccccc3)cc2C1=O. The van der Waals surface area contributed by atoms with E-state index in [4.69, 9.17) is 4.74 Å². The molecule has 1 aliphatic rings. The third-order valence-corrected chi connectivity index (χ3v) is 8.59. The minimum Gasteiger partial charge on any atom is -0.488 e. The number of hydrogen-bond acceptors (Lipinski definition) is 6. The van der Waals surface area contributed by atoms with Gasteiger partial charge in [0.05, 0.1) is 28.7 Å². The number of benzene rings is 3. The van der Waals surface area contributed by atoms with Gasteiger partial charge in [-0.2, -0.15) is 13.2 Å². The van der Waals surface area contributed by atoms with Crippen molar-refractivity contribution in [2.24, 2.45) is 5.92 Å². The van der Waals surface area contributed by atoms with Crippen LogP contribution >= 0.6 is 0 Å². The third kappa shape index (κ3) is 7.42. The summed E-state index contributed by atoms with van der Waals surface area (Å²) in [5.74, 6) is -0.324. The Kier molecular flexibility index (Phi) is 9.49. The second kappa shape index (κ2) is 12.7. The molecule has 0 radical (unpaired) electrons. The quantitative estimate of drug-likeness (QED) is 0.362. The average Bonchev–Trinajstić information content (AvgIpc) is 2.95. The number of halogens is 3. The lowest BCUT2D eigenvalue weighted by Crippen LogP contribution is -2.49. The molecule has 0 aromatic heterocycles.